The molecule has 0 bridgehead atoms. The predicted molar refractivity (Wildman–Crippen MR) is 100 cm³/mol. The Morgan fingerprint density at radius 3 is 2.64 bits per heavy atom. The highest BCUT2D eigenvalue weighted by molar-refractivity contribution is 5.77. The first-order chi connectivity index (χ1) is 12.1. The Morgan fingerprint density at radius 2 is 1.96 bits per heavy atom. The van der Waals surface area contributed by atoms with Crippen molar-refractivity contribution in [3.63, 3.8) is 0 Å². The van der Waals surface area contributed by atoms with E-state index in [-0.39, 0.29) is 17.9 Å². The van der Waals surface area contributed by atoms with Gasteiger partial charge in [-0.15, -0.1) is 0 Å². The van der Waals surface area contributed by atoms with Crippen LogP contribution in [-0.2, 0) is 16.0 Å². The van der Waals surface area contributed by atoms with Crippen LogP contribution in [0.3, 0.4) is 0 Å². The molecule has 2 N–H and O–H groups in total. The second kappa shape index (κ2) is 10.2. The molecular formula is C20H31N3O2. The van der Waals surface area contributed by atoms with Crippen LogP contribution in [0.2, 0.25) is 0 Å². The summed E-state index contributed by atoms with van der Waals surface area (Å²) in [6, 6.07) is 8.77. The van der Waals surface area contributed by atoms with Gasteiger partial charge in [-0.25, -0.2) is 0 Å². The van der Waals surface area contributed by atoms with E-state index in [4.69, 9.17) is 0 Å². The van der Waals surface area contributed by atoms with Crippen molar-refractivity contribution in [3.8, 4) is 0 Å². The van der Waals surface area contributed by atoms with E-state index >= 15 is 0 Å². The van der Waals surface area contributed by atoms with Crippen molar-refractivity contribution in [2.24, 2.45) is 0 Å². The van der Waals surface area contributed by atoms with Crippen LogP contribution < -0.4 is 10.6 Å². The molecule has 5 nitrogen and oxygen atoms in total. The molecule has 1 unspecified atom stereocenters. The third kappa shape index (κ3) is 6.16. The van der Waals surface area contributed by atoms with Crippen molar-refractivity contribution in [2.45, 2.75) is 52.0 Å². The number of carbonyl (C=O) groups is 2. The molecular weight excluding hydrogens is 314 g/mol. The first-order valence-corrected chi connectivity index (χ1v) is 9.45. The van der Waals surface area contributed by atoms with Gasteiger partial charge in [-0.2, -0.15) is 0 Å². The normalized spacial score (nSPS) is 17.4. The molecule has 1 aromatic carbocycles. The molecule has 0 spiro atoms. The molecule has 0 radical (unpaired) electrons. The van der Waals surface area contributed by atoms with Gasteiger partial charge in [0, 0.05) is 39.5 Å². The van der Waals surface area contributed by atoms with Crippen molar-refractivity contribution in [1.82, 2.24) is 15.5 Å². The molecule has 2 amide bonds. The SMILES string of the molecule is CCc1ccc(C2CNCCN2C(=O)CCCCCNC(C)=O)cc1. The van der Waals surface area contributed by atoms with E-state index in [2.05, 4.69) is 41.8 Å². The Hall–Kier alpha value is -1.88. The molecule has 138 valence electrons. The van der Waals surface area contributed by atoms with Crippen LogP contribution >= 0.6 is 0 Å². The van der Waals surface area contributed by atoms with Crippen LogP contribution in [0.5, 0.6) is 0 Å². The Kier molecular flexibility index (Phi) is 7.92. The summed E-state index contributed by atoms with van der Waals surface area (Å²) in [5, 5.41) is 6.20. The Bertz CT molecular complexity index is 557. The highest BCUT2D eigenvalue weighted by Crippen LogP contribution is 2.24. The minimum Gasteiger partial charge on any atom is -0.356 e. The number of hydrogen-bond donors (Lipinski definition) is 2. The number of nitrogens with zero attached hydrogens (tertiary/aromatic N) is 1. The third-order valence-corrected chi connectivity index (χ3v) is 4.78. The zero-order valence-corrected chi connectivity index (χ0v) is 15.5. The summed E-state index contributed by atoms with van der Waals surface area (Å²) in [4.78, 5) is 25.5. The van der Waals surface area contributed by atoms with Crippen LogP contribution in [0.1, 0.15) is 56.7 Å². The number of unbranched alkanes of at least 4 members (excludes halogenated alkanes) is 2. The van der Waals surface area contributed by atoms with Gasteiger partial charge in [-0.3, -0.25) is 9.59 Å². The number of aryl methyl sites for hydroxylation is 1. The molecule has 1 aliphatic rings. The average Bonchev–Trinajstić information content (AvgIpc) is 2.64. The lowest BCUT2D eigenvalue weighted by Gasteiger charge is -2.36. The number of benzene rings is 1. The maximum absolute atomic E-state index is 12.7. The molecule has 2 rings (SSSR count). The summed E-state index contributed by atoms with van der Waals surface area (Å²) in [6.07, 6.45) is 4.39. The van der Waals surface area contributed by atoms with Gasteiger partial charge < -0.3 is 15.5 Å². The van der Waals surface area contributed by atoms with Gasteiger partial charge in [-0.1, -0.05) is 37.6 Å². The molecule has 1 aromatic rings. The van der Waals surface area contributed by atoms with Gasteiger partial charge in [0.05, 0.1) is 6.04 Å². The number of carbonyl (C=O) groups excluding carboxylic acids is 2. The summed E-state index contributed by atoms with van der Waals surface area (Å²) in [5.74, 6) is 0.249. The highest BCUT2D eigenvalue weighted by Gasteiger charge is 2.27. The van der Waals surface area contributed by atoms with Crippen LogP contribution in [-0.4, -0.2) is 42.9 Å². The number of nitrogens with one attached hydrogen (secondary N) is 2. The first kappa shape index (κ1) is 19.4. The largest absolute Gasteiger partial charge is 0.356 e. The molecule has 1 heterocycles. The van der Waals surface area contributed by atoms with Gasteiger partial charge >= 0.3 is 0 Å². The van der Waals surface area contributed by atoms with Crippen LogP contribution in [0.15, 0.2) is 24.3 Å². The summed E-state index contributed by atoms with van der Waals surface area (Å²) in [5.41, 5.74) is 2.54. The topological polar surface area (TPSA) is 61.4 Å². The van der Waals surface area contributed by atoms with Crippen LogP contribution in [0.25, 0.3) is 0 Å². The molecule has 0 aliphatic carbocycles. The molecule has 1 saturated heterocycles. The molecule has 0 aromatic heterocycles. The molecule has 5 heteroatoms. The van der Waals surface area contributed by atoms with Crippen molar-refractivity contribution in [3.05, 3.63) is 35.4 Å². The molecule has 25 heavy (non-hydrogen) atoms. The molecule has 1 atom stereocenters. The monoisotopic (exact) mass is 345 g/mol. The van der Waals surface area contributed by atoms with E-state index in [9.17, 15) is 9.59 Å². The third-order valence-electron chi connectivity index (χ3n) is 4.78. The number of amides is 2. The number of piperazine rings is 1. The van der Waals surface area contributed by atoms with Crippen molar-refractivity contribution >= 4 is 11.8 Å². The average molecular weight is 345 g/mol. The summed E-state index contributed by atoms with van der Waals surface area (Å²) >= 11 is 0. The van der Waals surface area contributed by atoms with E-state index in [0.717, 1.165) is 45.3 Å². The molecule has 0 saturated carbocycles. The van der Waals surface area contributed by atoms with E-state index < -0.39 is 0 Å². The maximum atomic E-state index is 12.7. The molecule has 1 fully saturated rings. The number of rotatable bonds is 8. The van der Waals surface area contributed by atoms with E-state index in [1.54, 1.807) is 0 Å². The fourth-order valence-electron chi connectivity index (χ4n) is 3.26. The van der Waals surface area contributed by atoms with E-state index in [1.807, 2.05) is 4.90 Å². The first-order valence-electron chi connectivity index (χ1n) is 9.45. The fourth-order valence-corrected chi connectivity index (χ4v) is 3.26. The fraction of sp³-hybridized carbons (Fsp3) is 0.600. The van der Waals surface area contributed by atoms with Gasteiger partial charge in [-0.05, 0) is 30.4 Å². The zero-order chi connectivity index (χ0) is 18.1. The molecule has 1 aliphatic heterocycles. The van der Waals surface area contributed by atoms with Gasteiger partial charge in [0.2, 0.25) is 11.8 Å². The standard InChI is InChI=1S/C20H31N3O2/c1-3-17-8-10-18(11-9-17)19-15-21-13-14-23(19)20(25)7-5-4-6-12-22-16(2)24/h8-11,19,21H,3-7,12-15H2,1-2H3,(H,22,24). The lowest BCUT2D eigenvalue weighted by atomic mass is 10.00. The Balaban J connectivity index is 1.84. The Labute approximate surface area is 151 Å². The van der Waals surface area contributed by atoms with Crippen molar-refractivity contribution in [2.75, 3.05) is 26.2 Å². The van der Waals surface area contributed by atoms with Crippen molar-refractivity contribution in [1.29, 1.82) is 0 Å². The van der Waals surface area contributed by atoms with E-state index in [1.165, 1.54) is 18.1 Å². The van der Waals surface area contributed by atoms with Gasteiger partial charge in [0.25, 0.3) is 0 Å². The van der Waals surface area contributed by atoms with Gasteiger partial charge in [0.1, 0.15) is 0 Å². The highest BCUT2D eigenvalue weighted by atomic mass is 16.2. The lowest BCUT2D eigenvalue weighted by molar-refractivity contribution is -0.134. The smallest absolute Gasteiger partial charge is 0.223 e. The summed E-state index contributed by atoms with van der Waals surface area (Å²) in [7, 11) is 0. The van der Waals surface area contributed by atoms with Crippen LogP contribution in [0, 0.1) is 0 Å². The minimum absolute atomic E-state index is 0.00817. The maximum Gasteiger partial charge on any atom is 0.223 e. The quantitative estimate of drug-likeness (QED) is 0.711. The predicted octanol–water partition coefficient (Wildman–Crippen LogP) is 2.42. The summed E-state index contributed by atoms with van der Waals surface area (Å²) in [6.45, 7) is 6.83. The second-order valence-corrected chi connectivity index (χ2v) is 6.70. The lowest BCUT2D eigenvalue weighted by Crippen LogP contribution is -2.48. The van der Waals surface area contributed by atoms with Gasteiger partial charge in [0.15, 0.2) is 0 Å². The van der Waals surface area contributed by atoms with E-state index in [0.29, 0.717) is 13.0 Å². The Morgan fingerprint density at radius 1 is 1.20 bits per heavy atom. The summed E-state index contributed by atoms with van der Waals surface area (Å²) < 4.78 is 0. The number of hydrogen-bond acceptors (Lipinski definition) is 3. The second-order valence-electron chi connectivity index (χ2n) is 6.70. The van der Waals surface area contributed by atoms with Crippen molar-refractivity contribution < 1.29 is 9.59 Å². The zero-order valence-electron chi connectivity index (χ0n) is 15.5. The van der Waals surface area contributed by atoms with Crippen LogP contribution in [0.4, 0.5) is 0 Å². The minimum atomic E-state index is 0.00817.